The summed E-state index contributed by atoms with van der Waals surface area (Å²) < 4.78 is 5.13. The maximum atomic E-state index is 12.5. The van der Waals surface area contributed by atoms with Crippen molar-refractivity contribution in [3.05, 3.63) is 58.6 Å². The highest BCUT2D eigenvalue weighted by Crippen LogP contribution is 2.26. The van der Waals surface area contributed by atoms with Gasteiger partial charge in [0.05, 0.1) is 18.2 Å². The number of nitrogens with zero attached hydrogens (tertiary/aromatic N) is 1. The molecule has 1 aliphatic heterocycles. The molecule has 0 saturated carbocycles. The Kier molecular flexibility index (Phi) is 6.27. The van der Waals surface area contributed by atoms with Gasteiger partial charge in [-0.2, -0.15) is 0 Å². The molecule has 1 aliphatic rings. The molecule has 0 bridgehead atoms. The third-order valence-electron chi connectivity index (χ3n) is 5.18. The number of carbonyl (C=O) groups is 1. The van der Waals surface area contributed by atoms with Gasteiger partial charge in [0.15, 0.2) is 0 Å². The van der Waals surface area contributed by atoms with Gasteiger partial charge in [-0.15, -0.1) is 0 Å². The van der Waals surface area contributed by atoms with Crippen molar-refractivity contribution in [2.45, 2.75) is 32.7 Å². The van der Waals surface area contributed by atoms with E-state index >= 15 is 0 Å². The van der Waals surface area contributed by atoms with E-state index in [1.807, 2.05) is 6.92 Å². The summed E-state index contributed by atoms with van der Waals surface area (Å²) in [6, 6.07) is 13.5. The molecule has 2 aromatic carbocycles. The Morgan fingerprint density at radius 2 is 2.00 bits per heavy atom. The van der Waals surface area contributed by atoms with E-state index in [0.717, 1.165) is 24.6 Å². The molecular formula is C22H27ClN2O2. The quantitative estimate of drug-likeness (QED) is 0.779. The number of piperidine rings is 1. The molecule has 0 radical (unpaired) electrons. The molecular weight excluding hydrogens is 360 g/mol. The Morgan fingerprint density at radius 3 is 2.63 bits per heavy atom. The van der Waals surface area contributed by atoms with Crippen LogP contribution in [0.25, 0.3) is 0 Å². The van der Waals surface area contributed by atoms with Crippen molar-refractivity contribution in [2.24, 2.45) is 5.92 Å². The molecule has 0 unspecified atom stereocenters. The van der Waals surface area contributed by atoms with Crippen LogP contribution in [0.3, 0.4) is 0 Å². The molecule has 1 fully saturated rings. The number of nitrogens with one attached hydrogen (secondary N) is 1. The predicted octanol–water partition coefficient (Wildman–Crippen LogP) is 5.08. The fourth-order valence-electron chi connectivity index (χ4n) is 3.57. The first-order chi connectivity index (χ1) is 13.0. The van der Waals surface area contributed by atoms with Gasteiger partial charge in [0.2, 0.25) is 0 Å². The van der Waals surface area contributed by atoms with Crippen LogP contribution in [0.4, 0.5) is 5.69 Å². The maximum absolute atomic E-state index is 12.5. The number of halogens is 1. The zero-order valence-corrected chi connectivity index (χ0v) is 16.9. The second-order valence-electron chi connectivity index (χ2n) is 7.33. The fraction of sp³-hybridized carbons (Fsp3) is 0.409. The highest BCUT2D eigenvalue weighted by Gasteiger charge is 2.17. The van der Waals surface area contributed by atoms with Gasteiger partial charge < -0.3 is 15.0 Å². The van der Waals surface area contributed by atoms with Crippen molar-refractivity contribution < 1.29 is 9.53 Å². The van der Waals surface area contributed by atoms with Gasteiger partial charge in [-0.25, -0.2) is 0 Å². The van der Waals surface area contributed by atoms with Crippen LogP contribution in [0.5, 0.6) is 5.75 Å². The first kappa shape index (κ1) is 19.6. The monoisotopic (exact) mass is 386 g/mol. The summed E-state index contributed by atoms with van der Waals surface area (Å²) >= 11 is 6.12. The Hall–Kier alpha value is -2.20. The largest absolute Gasteiger partial charge is 0.495 e. The number of amides is 1. The molecule has 27 heavy (non-hydrogen) atoms. The van der Waals surface area contributed by atoms with Crippen molar-refractivity contribution in [1.29, 1.82) is 0 Å². The lowest BCUT2D eigenvalue weighted by atomic mass is 9.99. The van der Waals surface area contributed by atoms with Crippen LogP contribution in [0.15, 0.2) is 42.5 Å². The average molecular weight is 387 g/mol. The number of anilines is 1. The minimum absolute atomic E-state index is 0.0901. The lowest BCUT2D eigenvalue weighted by molar-refractivity contribution is 0.0940. The second-order valence-corrected chi connectivity index (χ2v) is 7.74. The number of hydrogen-bond acceptors (Lipinski definition) is 3. The van der Waals surface area contributed by atoms with E-state index in [-0.39, 0.29) is 11.9 Å². The van der Waals surface area contributed by atoms with Gasteiger partial charge in [-0.1, -0.05) is 30.7 Å². The van der Waals surface area contributed by atoms with E-state index in [1.165, 1.54) is 18.5 Å². The van der Waals surface area contributed by atoms with Crippen LogP contribution in [0.2, 0.25) is 5.02 Å². The molecule has 0 aromatic heterocycles. The molecule has 4 nitrogen and oxygen atoms in total. The summed E-state index contributed by atoms with van der Waals surface area (Å²) in [7, 11) is 1.55. The number of hydrogen-bond donors (Lipinski definition) is 1. The van der Waals surface area contributed by atoms with E-state index in [4.69, 9.17) is 16.3 Å². The van der Waals surface area contributed by atoms with E-state index < -0.39 is 0 Å². The Bertz CT molecular complexity index is 791. The fourth-order valence-corrected chi connectivity index (χ4v) is 3.83. The topological polar surface area (TPSA) is 41.6 Å². The second kappa shape index (κ2) is 8.66. The number of carbonyl (C=O) groups excluding carboxylic acids is 1. The molecule has 0 aliphatic carbocycles. The van der Waals surface area contributed by atoms with Crippen molar-refractivity contribution >= 4 is 23.2 Å². The van der Waals surface area contributed by atoms with E-state index in [9.17, 15) is 4.79 Å². The summed E-state index contributed by atoms with van der Waals surface area (Å²) in [4.78, 5) is 15.0. The normalized spacial score (nSPS) is 18.1. The summed E-state index contributed by atoms with van der Waals surface area (Å²) in [6.45, 7) is 6.53. The van der Waals surface area contributed by atoms with Crippen LogP contribution < -0.4 is 15.0 Å². The van der Waals surface area contributed by atoms with E-state index in [0.29, 0.717) is 16.3 Å². The Balaban J connectivity index is 1.64. The summed E-state index contributed by atoms with van der Waals surface area (Å²) in [5, 5.41) is 3.46. The minimum atomic E-state index is -0.152. The summed E-state index contributed by atoms with van der Waals surface area (Å²) in [5.41, 5.74) is 2.86. The average Bonchev–Trinajstić information content (AvgIpc) is 2.68. The highest BCUT2D eigenvalue weighted by atomic mass is 35.5. The molecule has 5 heteroatoms. The standard InChI is InChI=1S/C22H27ClN2O2/c1-15-5-4-12-25(14-15)19-9-6-17(7-10-19)16(2)24-22(26)18-8-11-21(27-3)20(23)13-18/h6-11,13,15-16H,4-5,12,14H2,1-3H3,(H,24,26)/t15-,16-/m0/s1. The summed E-state index contributed by atoms with van der Waals surface area (Å²) in [5.74, 6) is 1.15. The molecule has 1 heterocycles. The molecule has 3 rings (SSSR count). The third-order valence-corrected chi connectivity index (χ3v) is 5.47. The van der Waals surface area contributed by atoms with E-state index in [2.05, 4.69) is 41.4 Å². The zero-order chi connectivity index (χ0) is 19.4. The molecule has 0 spiro atoms. The molecule has 144 valence electrons. The van der Waals surface area contributed by atoms with Crippen LogP contribution >= 0.6 is 11.6 Å². The van der Waals surface area contributed by atoms with E-state index in [1.54, 1.807) is 25.3 Å². The van der Waals surface area contributed by atoms with Gasteiger partial charge in [0, 0.05) is 24.3 Å². The number of benzene rings is 2. The van der Waals surface area contributed by atoms with Gasteiger partial charge in [0.1, 0.15) is 5.75 Å². The Labute approximate surface area is 166 Å². The van der Waals surface area contributed by atoms with Crippen molar-refractivity contribution in [1.82, 2.24) is 5.32 Å². The Morgan fingerprint density at radius 1 is 1.26 bits per heavy atom. The van der Waals surface area contributed by atoms with Crippen LogP contribution in [-0.2, 0) is 0 Å². The van der Waals surface area contributed by atoms with Crippen molar-refractivity contribution in [2.75, 3.05) is 25.1 Å². The zero-order valence-electron chi connectivity index (χ0n) is 16.2. The molecule has 2 aromatic rings. The number of ether oxygens (including phenoxy) is 1. The van der Waals surface area contributed by atoms with Crippen LogP contribution in [0, 0.1) is 5.92 Å². The van der Waals surface area contributed by atoms with Crippen molar-refractivity contribution in [3.8, 4) is 5.75 Å². The van der Waals surface area contributed by atoms with Gasteiger partial charge in [-0.05, 0) is 61.6 Å². The van der Waals surface area contributed by atoms with Gasteiger partial charge in [0.25, 0.3) is 5.91 Å². The minimum Gasteiger partial charge on any atom is -0.495 e. The lowest BCUT2D eigenvalue weighted by Gasteiger charge is -2.33. The third kappa shape index (κ3) is 4.75. The molecule has 2 atom stereocenters. The number of methoxy groups -OCH3 is 1. The SMILES string of the molecule is COc1ccc(C(=O)N[C@@H](C)c2ccc(N3CCC[C@H](C)C3)cc2)cc1Cl. The van der Waals surface area contributed by atoms with Gasteiger partial charge >= 0.3 is 0 Å². The molecule has 1 amide bonds. The molecule has 1 N–H and O–H groups in total. The predicted molar refractivity (Wildman–Crippen MR) is 111 cm³/mol. The molecule has 1 saturated heterocycles. The smallest absolute Gasteiger partial charge is 0.251 e. The lowest BCUT2D eigenvalue weighted by Crippen LogP contribution is -2.34. The van der Waals surface area contributed by atoms with Crippen molar-refractivity contribution in [3.63, 3.8) is 0 Å². The first-order valence-corrected chi connectivity index (χ1v) is 9.85. The van der Waals surface area contributed by atoms with Crippen LogP contribution in [0.1, 0.15) is 48.7 Å². The number of rotatable bonds is 5. The highest BCUT2D eigenvalue weighted by molar-refractivity contribution is 6.32. The van der Waals surface area contributed by atoms with Gasteiger partial charge in [-0.3, -0.25) is 4.79 Å². The summed E-state index contributed by atoms with van der Waals surface area (Å²) in [6.07, 6.45) is 2.56. The van der Waals surface area contributed by atoms with Crippen LogP contribution in [-0.4, -0.2) is 26.1 Å². The maximum Gasteiger partial charge on any atom is 0.251 e. The first-order valence-electron chi connectivity index (χ1n) is 9.47.